The summed E-state index contributed by atoms with van der Waals surface area (Å²) in [7, 11) is 0. The van der Waals surface area contributed by atoms with Crippen LogP contribution in [0.4, 0.5) is 0 Å². The molecule has 1 aromatic heterocycles. The van der Waals surface area contributed by atoms with E-state index in [2.05, 4.69) is 5.10 Å². The van der Waals surface area contributed by atoms with Gasteiger partial charge in [0, 0.05) is 6.20 Å². The maximum atomic E-state index is 10.6. The summed E-state index contributed by atoms with van der Waals surface area (Å²) in [6.07, 6.45) is 2.07. The number of nitrogens with two attached hydrogens (primary N) is 1. The molecule has 0 unspecified atom stereocenters. The van der Waals surface area contributed by atoms with E-state index in [1.807, 2.05) is 0 Å². The van der Waals surface area contributed by atoms with Gasteiger partial charge in [-0.1, -0.05) is 0 Å². The van der Waals surface area contributed by atoms with Crippen molar-refractivity contribution in [3.8, 4) is 0 Å². The Hall–Kier alpha value is -1.65. The van der Waals surface area contributed by atoms with E-state index in [-0.39, 0.29) is 12.2 Å². The number of aldehydes is 1. The highest BCUT2D eigenvalue weighted by molar-refractivity contribution is 5.91. The van der Waals surface area contributed by atoms with E-state index in [4.69, 9.17) is 5.73 Å². The van der Waals surface area contributed by atoms with Crippen molar-refractivity contribution in [1.29, 1.82) is 0 Å². The summed E-state index contributed by atoms with van der Waals surface area (Å²) >= 11 is 0. The van der Waals surface area contributed by atoms with Crippen LogP contribution in [0.2, 0.25) is 0 Å². The average Bonchev–Trinajstić information content (AvgIpc) is 2.36. The Kier molecular flexibility index (Phi) is 2.00. The van der Waals surface area contributed by atoms with Crippen LogP contribution in [-0.2, 0) is 11.3 Å². The van der Waals surface area contributed by atoms with Crippen LogP contribution in [0, 0.1) is 0 Å². The van der Waals surface area contributed by atoms with Crippen molar-refractivity contribution in [2.75, 3.05) is 0 Å². The molecule has 0 atom stereocenters. The molecule has 0 radical (unpaired) electrons. The summed E-state index contributed by atoms with van der Waals surface area (Å²) < 4.78 is 1.25. The molecule has 0 aliphatic rings. The third-order valence-corrected chi connectivity index (χ3v) is 1.22. The van der Waals surface area contributed by atoms with Crippen LogP contribution >= 0.6 is 0 Å². The lowest BCUT2D eigenvalue weighted by molar-refractivity contribution is -0.108. The summed E-state index contributed by atoms with van der Waals surface area (Å²) in [6, 6.07) is 1.46. The maximum Gasteiger partial charge on any atom is 0.266 e. The Morgan fingerprint density at radius 1 is 1.82 bits per heavy atom. The van der Waals surface area contributed by atoms with E-state index in [1.165, 1.54) is 16.9 Å². The van der Waals surface area contributed by atoms with Crippen molar-refractivity contribution < 1.29 is 9.59 Å². The Balaban J connectivity index is 2.95. The quantitative estimate of drug-likeness (QED) is 0.576. The minimum Gasteiger partial charge on any atom is -0.364 e. The van der Waals surface area contributed by atoms with Gasteiger partial charge < -0.3 is 10.5 Å². The number of carbonyl (C=O) groups excluding carboxylic acids is 2. The van der Waals surface area contributed by atoms with Crippen molar-refractivity contribution in [3.63, 3.8) is 0 Å². The lowest BCUT2D eigenvalue weighted by atomic mass is 10.4. The van der Waals surface area contributed by atoms with Crippen LogP contribution in [0.5, 0.6) is 0 Å². The molecular weight excluding hydrogens is 146 g/mol. The molecule has 0 aliphatic carbocycles. The molecule has 0 fully saturated rings. The molecule has 1 heterocycles. The minimum absolute atomic E-state index is 0.0608. The number of amides is 1. The van der Waals surface area contributed by atoms with Gasteiger partial charge in [-0.25, -0.2) is 0 Å². The number of nitrogens with zero attached hydrogens (tertiary/aromatic N) is 2. The van der Waals surface area contributed by atoms with E-state index in [9.17, 15) is 9.59 Å². The lowest BCUT2D eigenvalue weighted by Gasteiger charge is -1.97. The van der Waals surface area contributed by atoms with Crippen molar-refractivity contribution in [1.82, 2.24) is 9.78 Å². The Bertz CT molecular complexity index is 279. The molecule has 1 aromatic rings. The second-order valence-electron chi connectivity index (χ2n) is 1.93. The van der Waals surface area contributed by atoms with E-state index in [1.54, 1.807) is 0 Å². The predicted molar refractivity (Wildman–Crippen MR) is 36.8 cm³/mol. The van der Waals surface area contributed by atoms with Crippen LogP contribution in [0.15, 0.2) is 12.3 Å². The SMILES string of the molecule is NC(=O)c1ccnn1CC=O. The molecule has 58 valence electrons. The Morgan fingerprint density at radius 2 is 2.55 bits per heavy atom. The molecule has 5 nitrogen and oxygen atoms in total. The van der Waals surface area contributed by atoms with Gasteiger partial charge in [-0.2, -0.15) is 5.10 Å². The molecule has 0 spiro atoms. The average molecular weight is 153 g/mol. The third kappa shape index (κ3) is 1.43. The van der Waals surface area contributed by atoms with Gasteiger partial charge in [0.15, 0.2) is 0 Å². The van der Waals surface area contributed by atoms with Gasteiger partial charge in [0.05, 0.1) is 6.54 Å². The van der Waals surface area contributed by atoms with Crippen molar-refractivity contribution in [2.45, 2.75) is 6.54 Å². The van der Waals surface area contributed by atoms with E-state index >= 15 is 0 Å². The molecule has 1 amide bonds. The summed E-state index contributed by atoms with van der Waals surface area (Å²) in [5.41, 5.74) is 5.22. The van der Waals surface area contributed by atoms with Gasteiger partial charge in [0.2, 0.25) is 0 Å². The Labute approximate surface area is 62.8 Å². The zero-order valence-corrected chi connectivity index (χ0v) is 5.73. The van der Waals surface area contributed by atoms with Gasteiger partial charge in [-0.15, -0.1) is 0 Å². The fourth-order valence-corrected chi connectivity index (χ4v) is 0.758. The molecule has 0 bridgehead atoms. The molecule has 0 aliphatic heterocycles. The van der Waals surface area contributed by atoms with E-state index in [0.29, 0.717) is 6.29 Å². The number of hydrogen-bond donors (Lipinski definition) is 1. The van der Waals surface area contributed by atoms with Crippen molar-refractivity contribution in [2.24, 2.45) is 5.73 Å². The first kappa shape index (κ1) is 7.46. The maximum absolute atomic E-state index is 10.6. The van der Waals surface area contributed by atoms with Crippen molar-refractivity contribution >= 4 is 12.2 Å². The van der Waals surface area contributed by atoms with Crippen LogP contribution < -0.4 is 5.73 Å². The normalized spacial score (nSPS) is 9.45. The predicted octanol–water partition coefficient (Wildman–Crippen LogP) is -0.819. The zero-order chi connectivity index (χ0) is 8.27. The first-order valence-electron chi connectivity index (χ1n) is 3.01. The number of primary amides is 1. The molecule has 0 saturated heterocycles. The van der Waals surface area contributed by atoms with Crippen LogP contribution in [0.25, 0.3) is 0 Å². The second-order valence-corrected chi connectivity index (χ2v) is 1.93. The first-order chi connectivity index (χ1) is 5.25. The highest BCUT2D eigenvalue weighted by Gasteiger charge is 2.05. The first-order valence-corrected chi connectivity index (χ1v) is 3.01. The van der Waals surface area contributed by atoms with Gasteiger partial charge in [-0.3, -0.25) is 9.48 Å². The highest BCUT2D eigenvalue weighted by atomic mass is 16.1. The topological polar surface area (TPSA) is 78.0 Å². The van der Waals surface area contributed by atoms with Crippen LogP contribution in [0.3, 0.4) is 0 Å². The van der Waals surface area contributed by atoms with Crippen LogP contribution in [-0.4, -0.2) is 22.0 Å². The summed E-state index contributed by atoms with van der Waals surface area (Å²) in [5.74, 6) is -0.579. The fourth-order valence-electron chi connectivity index (χ4n) is 0.758. The summed E-state index contributed by atoms with van der Waals surface area (Å²) in [5, 5.41) is 3.71. The smallest absolute Gasteiger partial charge is 0.266 e. The molecule has 1 rings (SSSR count). The van der Waals surface area contributed by atoms with Crippen molar-refractivity contribution in [3.05, 3.63) is 18.0 Å². The minimum atomic E-state index is -0.579. The molecule has 11 heavy (non-hydrogen) atoms. The largest absolute Gasteiger partial charge is 0.364 e. The molecule has 0 aromatic carbocycles. The monoisotopic (exact) mass is 153 g/mol. The lowest BCUT2D eigenvalue weighted by Crippen LogP contribution is -2.18. The second kappa shape index (κ2) is 2.96. The van der Waals surface area contributed by atoms with E-state index in [0.717, 1.165) is 0 Å². The standard InChI is InChI=1S/C6H7N3O2/c7-6(11)5-1-2-8-9(5)3-4-10/h1-2,4H,3H2,(H2,7,11). The Morgan fingerprint density at radius 3 is 3.09 bits per heavy atom. The highest BCUT2D eigenvalue weighted by Crippen LogP contribution is 1.95. The van der Waals surface area contributed by atoms with Gasteiger partial charge in [0.25, 0.3) is 5.91 Å². The van der Waals surface area contributed by atoms with Gasteiger partial charge in [0.1, 0.15) is 12.0 Å². The van der Waals surface area contributed by atoms with Crippen LogP contribution in [0.1, 0.15) is 10.5 Å². The summed E-state index contributed by atoms with van der Waals surface area (Å²) in [6.45, 7) is 0.0608. The number of carbonyl (C=O) groups is 2. The van der Waals surface area contributed by atoms with Gasteiger partial charge in [-0.05, 0) is 6.07 Å². The zero-order valence-electron chi connectivity index (χ0n) is 5.73. The third-order valence-electron chi connectivity index (χ3n) is 1.22. The fraction of sp³-hybridized carbons (Fsp3) is 0.167. The van der Waals surface area contributed by atoms with E-state index < -0.39 is 5.91 Å². The number of hydrogen-bond acceptors (Lipinski definition) is 3. The molecular formula is C6H7N3O2. The van der Waals surface area contributed by atoms with Gasteiger partial charge >= 0.3 is 0 Å². The molecule has 2 N–H and O–H groups in total. The molecule has 0 saturated carbocycles. The number of rotatable bonds is 3. The number of aromatic nitrogens is 2. The summed E-state index contributed by atoms with van der Waals surface area (Å²) in [4.78, 5) is 20.6. The molecule has 5 heteroatoms.